The number of hydroxylamine groups is 2. The van der Waals surface area contributed by atoms with E-state index in [1.807, 2.05) is 0 Å². The van der Waals surface area contributed by atoms with Gasteiger partial charge in [0.2, 0.25) is 0 Å². The van der Waals surface area contributed by atoms with Gasteiger partial charge in [-0.2, -0.15) is 0 Å². The number of unbranched alkanes of at least 4 members (excludes halogenated alkanes) is 2. The summed E-state index contributed by atoms with van der Waals surface area (Å²) >= 11 is 0. The minimum Gasteiger partial charge on any atom is -0.462 e. The van der Waals surface area contributed by atoms with Gasteiger partial charge in [0.05, 0.1) is 23.3 Å². The van der Waals surface area contributed by atoms with Crippen molar-refractivity contribution in [3.05, 3.63) is 70.8 Å². The number of nitrogens with zero attached hydrogens (tertiary/aromatic N) is 1. The summed E-state index contributed by atoms with van der Waals surface area (Å²) in [4.78, 5) is 42.1. The zero-order chi connectivity index (χ0) is 19.2. The number of fused-ring (bicyclic) bond motifs is 1. The Labute approximate surface area is 157 Å². The van der Waals surface area contributed by atoms with Gasteiger partial charge in [0.1, 0.15) is 6.61 Å². The second-order valence-electron chi connectivity index (χ2n) is 6.27. The van der Waals surface area contributed by atoms with Crippen LogP contribution in [0, 0.1) is 0 Å². The van der Waals surface area contributed by atoms with E-state index in [4.69, 9.17) is 9.57 Å². The van der Waals surface area contributed by atoms with Crippen LogP contribution in [0.1, 0.15) is 62.8 Å². The Morgan fingerprint density at radius 3 is 2.33 bits per heavy atom. The Hall–Kier alpha value is -2.99. The smallest absolute Gasteiger partial charge is 0.338 e. The summed E-state index contributed by atoms with van der Waals surface area (Å²) in [5.41, 5.74) is 1.73. The van der Waals surface area contributed by atoms with Crippen LogP contribution in [-0.2, 0) is 16.2 Å². The molecule has 0 aliphatic carbocycles. The standard InChI is InChI=1S/C21H21NO5/c1-2-3-6-12-26-21(25)16-9-7-8-15(13-16)14-27-22-19(23)17-10-4-5-11-18(17)20(22)24/h4-5,7-11,13H,2-3,6,12,14H2,1H3. The maximum absolute atomic E-state index is 12.3. The molecule has 2 aromatic carbocycles. The van der Waals surface area contributed by atoms with Crippen LogP contribution in [0.4, 0.5) is 0 Å². The number of hydrogen-bond donors (Lipinski definition) is 0. The van der Waals surface area contributed by atoms with E-state index in [1.165, 1.54) is 0 Å². The lowest BCUT2D eigenvalue weighted by Crippen LogP contribution is -2.29. The third-order valence-corrected chi connectivity index (χ3v) is 4.26. The first-order chi connectivity index (χ1) is 13.1. The van der Waals surface area contributed by atoms with Crippen molar-refractivity contribution in [2.45, 2.75) is 32.8 Å². The lowest BCUT2D eigenvalue weighted by Gasteiger charge is -2.13. The van der Waals surface area contributed by atoms with Gasteiger partial charge in [-0.25, -0.2) is 4.79 Å². The largest absolute Gasteiger partial charge is 0.462 e. The summed E-state index contributed by atoms with van der Waals surface area (Å²) in [5, 5.41) is 0.764. The molecule has 27 heavy (non-hydrogen) atoms. The van der Waals surface area contributed by atoms with E-state index < -0.39 is 17.8 Å². The van der Waals surface area contributed by atoms with Crippen LogP contribution in [0.25, 0.3) is 0 Å². The SMILES string of the molecule is CCCCCOC(=O)c1cccc(CON2C(=O)c3ccccc3C2=O)c1. The van der Waals surface area contributed by atoms with Crippen molar-refractivity contribution >= 4 is 17.8 Å². The van der Waals surface area contributed by atoms with E-state index in [1.54, 1.807) is 48.5 Å². The van der Waals surface area contributed by atoms with E-state index in [0.717, 1.165) is 24.3 Å². The van der Waals surface area contributed by atoms with Crippen molar-refractivity contribution in [3.63, 3.8) is 0 Å². The van der Waals surface area contributed by atoms with Crippen LogP contribution in [0.3, 0.4) is 0 Å². The lowest BCUT2D eigenvalue weighted by molar-refractivity contribution is -0.101. The second-order valence-corrected chi connectivity index (χ2v) is 6.27. The average molecular weight is 367 g/mol. The number of benzene rings is 2. The molecule has 0 unspecified atom stereocenters. The Kier molecular flexibility index (Phi) is 5.98. The number of imide groups is 1. The first-order valence-electron chi connectivity index (χ1n) is 8.98. The van der Waals surface area contributed by atoms with Gasteiger partial charge in [0.25, 0.3) is 11.8 Å². The first-order valence-corrected chi connectivity index (χ1v) is 8.98. The maximum Gasteiger partial charge on any atom is 0.338 e. The van der Waals surface area contributed by atoms with Gasteiger partial charge in [-0.05, 0) is 36.2 Å². The van der Waals surface area contributed by atoms with Gasteiger partial charge in [-0.15, -0.1) is 5.06 Å². The molecule has 0 radical (unpaired) electrons. The Morgan fingerprint density at radius 2 is 1.67 bits per heavy atom. The Bertz CT molecular complexity index is 826. The number of carbonyl (C=O) groups is 3. The molecular weight excluding hydrogens is 346 g/mol. The highest BCUT2D eigenvalue weighted by molar-refractivity contribution is 6.20. The van der Waals surface area contributed by atoms with Crippen molar-refractivity contribution in [2.24, 2.45) is 0 Å². The minimum absolute atomic E-state index is 0.0115. The first kappa shape index (κ1) is 18.8. The van der Waals surface area contributed by atoms with Gasteiger partial charge in [0, 0.05) is 0 Å². The van der Waals surface area contributed by atoms with E-state index >= 15 is 0 Å². The van der Waals surface area contributed by atoms with E-state index in [0.29, 0.717) is 28.9 Å². The monoisotopic (exact) mass is 367 g/mol. The Morgan fingerprint density at radius 1 is 0.963 bits per heavy atom. The molecular formula is C21H21NO5. The lowest BCUT2D eigenvalue weighted by atomic mass is 10.1. The van der Waals surface area contributed by atoms with E-state index in [2.05, 4.69) is 6.92 Å². The van der Waals surface area contributed by atoms with Gasteiger partial charge < -0.3 is 4.74 Å². The Balaban J connectivity index is 1.60. The molecule has 2 amide bonds. The molecule has 0 spiro atoms. The molecule has 6 heteroatoms. The average Bonchev–Trinajstić information content (AvgIpc) is 2.94. The van der Waals surface area contributed by atoms with Crippen molar-refractivity contribution in [1.82, 2.24) is 5.06 Å². The van der Waals surface area contributed by atoms with Gasteiger partial charge in [0.15, 0.2) is 0 Å². The van der Waals surface area contributed by atoms with Crippen molar-refractivity contribution < 1.29 is 24.0 Å². The fourth-order valence-corrected chi connectivity index (χ4v) is 2.81. The number of carbonyl (C=O) groups excluding carboxylic acids is 3. The molecule has 0 saturated carbocycles. The summed E-state index contributed by atoms with van der Waals surface area (Å²) in [6.45, 7) is 2.46. The summed E-state index contributed by atoms with van der Waals surface area (Å²) in [6.07, 6.45) is 2.91. The molecule has 140 valence electrons. The zero-order valence-electron chi connectivity index (χ0n) is 15.1. The highest BCUT2D eigenvalue weighted by Crippen LogP contribution is 2.23. The predicted molar refractivity (Wildman–Crippen MR) is 98.0 cm³/mol. The highest BCUT2D eigenvalue weighted by atomic mass is 16.7. The minimum atomic E-state index is -0.484. The summed E-state index contributed by atoms with van der Waals surface area (Å²) in [5.74, 6) is -1.36. The molecule has 1 heterocycles. The highest BCUT2D eigenvalue weighted by Gasteiger charge is 2.36. The van der Waals surface area contributed by atoms with Crippen LogP contribution in [0.2, 0.25) is 0 Å². The number of amides is 2. The van der Waals surface area contributed by atoms with Crippen molar-refractivity contribution in [3.8, 4) is 0 Å². The quantitative estimate of drug-likeness (QED) is 0.403. The number of rotatable bonds is 8. The third kappa shape index (κ3) is 4.23. The molecule has 2 aromatic rings. The summed E-state index contributed by atoms with van der Waals surface area (Å²) in [7, 11) is 0. The number of esters is 1. The van der Waals surface area contributed by atoms with Crippen LogP contribution in [0.15, 0.2) is 48.5 Å². The molecule has 1 aliphatic rings. The molecule has 6 nitrogen and oxygen atoms in total. The van der Waals surface area contributed by atoms with Crippen LogP contribution in [-0.4, -0.2) is 29.5 Å². The fourth-order valence-electron chi connectivity index (χ4n) is 2.81. The molecule has 0 atom stereocenters. The molecule has 3 rings (SSSR count). The topological polar surface area (TPSA) is 72.9 Å². The molecule has 0 N–H and O–H groups in total. The molecule has 1 aliphatic heterocycles. The van der Waals surface area contributed by atoms with Crippen LogP contribution >= 0.6 is 0 Å². The predicted octanol–water partition coefficient (Wildman–Crippen LogP) is 3.76. The normalized spacial score (nSPS) is 13.0. The van der Waals surface area contributed by atoms with Gasteiger partial charge >= 0.3 is 5.97 Å². The van der Waals surface area contributed by atoms with Gasteiger partial charge in [-0.3, -0.25) is 14.4 Å². The fraction of sp³-hybridized carbons (Fsp3) is 0.286. The van der Waals surface area contributed by atoms with E-state index in [-0.39, 0.29) is 6.61 Å². The third-order valence-electron chi connectivity index (χ3n) is 4.26. The molecule has 0 fully saturated rings. The van der Waals surface area contributed by atoms with Crippen molar-refractivity contribution in [1.29, 1.82) is 0 Å². The number of hydrogen-bond acceptors (Lipinski definition) is 5. The number of ether oxygens (including phenoxy) is 1. The van der Waals surface area contributed by atoms with E-state index in [9.17, 15) is 14.4 Å². The molecule has 0 aromatic heterocycles. The van der Waals surface area contributed by atoms with Crippen LogP contribution < -0.4 is 0 Å². The van der Waals surface area contributed by atoms with Crippen LogP contribution in [0.5, 0.6) is 0 Å². The molecule has 0 bridgehead atoms. The van der Waals surface area contributed by atoms with Crippen molar-refractivity contribution in [2.75, 3.05) is 6.61 Å². The second kappa shape index (κ2) is 8.60. The summed E-state index contributed by atoms with van der Waals surface area (Å²) < 4.78 is 5.24. The summed E-state index contributed by atoms with van der Waals surface area (Å²) in [6, 6.07) is 13.3. The van der Waals surface area contributed by atoms with Gasteiger partial charge in [-0.1, -0.05) is 44.0 Å². The maximum atomic E-state index is 12.3. The molecule has 0 saturated heterocycles. The zero-order valence-corrected chi connectivity index (χ0v) is 15.1.